The molecule has 6 rings (SSSR count). The molecule has 0 bridgehead atoms. The number of hydrogen-bond donors (Lipinski definition) is 0. The summed E-state index contributed by atoms with van der Waals surface area (Å²) < 4.78 is 52.2. The Hall–Kier alpha value is -1.56. The zero-order valence-corrected chi connectivity index (χ0v) is 27.7. The lowest BCUT2D eigenvalue weighted by Crippen LogP contribution is -2.67. The highest BCUT2D eigenvalue weighted by molar-refractivity contribution is 6.77. The first-order chi connectivity index (χ1) is 20.7. The monoisotopic (exact) mass is 614 g/mol. The van der Waals surface area contributed by atoms with Crippen LogP contribution in [0.1, 0.15) is 66.2 Å². The molecule has 1 aromatic rings. The van der Waals surface area contributed by atoms with Crippen molar-refractivity contribution in [2.24, 2.45) is 0 Å². The molecule has 0 radical (unpaired) electrons. The zero-order chi connectivity index (χ0) is 30.3. The van der Waals surface area contributed by atoms with E-state index in [-0.39, 0.29) is 54.9 Å². The first-order valence-corrected chi connectivity index (χ1v) is 18.3. The summed E-state index contributed by atoms with van der Waals surface area (Å²) in [5, 5.41) is 0. The first kappa shape index (κ1) is 31.4. The maximum atomic E-state index is 7.51. The van der Waals surface area contributed by atoms with Crippen molar-refractivity contribution >= 4 is 8.32 Å². The van der Waals surface area contributed by atoms with Gasteiger partial charge in [0, 0.05) is 12.0 Å². The van der Waals surface area contributed by atoms with Gasteiger partial charge in [0.1, 0.15) is 42.4 Å². The van der Waals surface area contributed by atoms with Gasteiger partial charge in [-0.15, -0.1) is 0 Å². The van der Waals surface area contributed by atoms with E-state index in [2.05, 4.69) is 65.8 Å². The number of ether oxygens (including phenoxy) is 7. The van der Waals surface area contributed by atoms with E-state index < -0.39 is 14.6 Å². The van der Waals surface area contributed by atoms with Crippen LogP contribution < -0.4 is 4.74 Å². The molecule has 3 fully saturated rings. The van der Waals surface area contributed by atoms with Gasteiger partial charge in [0.2, 0.25) is 8.32 Å². The van der Waals surface area contributed by atoms with E-state index >= 15 is 0 Å². The van der Waals surface area contributed by atoms with Crippen LogP contribution in [-0.2, 0) is 32.8 Å². The number of fused-ring (bicyclic) bond motifs is 4. The summed E-state index contributed by atoms with van der Waals surface area (Å²) in [6.07, 6.45) is 7.81. The summed E-state index contributed by atoms with van der Waals surface area (Å²) in [6.45, 7) is 15.0. The van der Waals surface area contributed by atoms with E-state index in [0.29, 0.717) is 29.8 Å². The molecule has 5 aliphatic heterocycles. The molecular formula is C34H50O8Si. The van der Waals surface area contributed by atoms with Crippen molar-refractivity contribution in [1.29, 1.82) is 0 Å². The number of rotatable bonds is 7. The predicted molar refractivity (Wildman–Crippen MR) is 166 cm³/mol. The average molecular weight is 615 g/mol. The van der Waals surface area contributed by atoms with Crippen LogP contribution in [0.15, 0.2) is 48.6 Å². The van der Waals surface area contributed by atoms with Gasteiger partial charge in [-0.05, 0) is 35.2 Å². The largest absolute Gasteiger partial charge is 0.497 e. The Kier molecular flexibility index (Phi) is 9.53. The fourth-order valence-corrected chi connectivity index (χ4v) is 13.7. The van der Waals surface area contributed by atoms with E-state index in [4.69, 9.17) is 37.6 Å². The quantitative estimate of drug-likeness (QED) is 0.263. The van der Waals surface area contributed by atoms with Gasteiger partial charge in [-0.3, -0.25) is 0 Å². The Balaban J connectivity index is 1.24. The first-order valence-electron chi connectivity index (χ1n) is 16.2. The smallest absolute Gasteiger partial charge is 0.201 e. The molecule has 9 heteroatoms. The second kappa shape index (κ2) is 13.0. The Morgan fingerprint density at radius 3 is 2.07 bits per heavy atom. The second-order valence-corrected chi connectivity index (χ2v) is 19.0. The van der Waals surface area contributed by atoms with Crippen molar-refractivity contribution in [3.8, 4) is 5.75 Å². The van der Waals surface area contributed by atoms with Crippen molar-refractivity contribution in [2.45, 2.75) is 132 Å². The van der Waals surface area contributed by atoms with Crippen molar-refractivity contribution in [3.63, 3.8) is 0 Å². The minimum Gasteiger partial charge on any atom is -0.497 e. The third-order valence-electron chi connectivity index (χ3n) is 10.1. The SMILES string of the molecule is COc1ccc([C@@H]2OC[C@H]3O[C@H]4C[C@H]5O[C@H]6CC=CCO[C@@H]6[C@@H](O[Si](C(C)C)(C(C)C)C(C)C)[C@@H]5O[C@@H]4C=C[C@@H]3O2)cc1. The Bertz CT molecular complexity index is 1110. The van der Waals surface area contributed by atoms with Gasteiger partial charge < -0.3 is 37.6 Å². The topological polar surface area (TPSA) is 73.8 Å². The van der Waals surface area contributed by atoms with E-state index in [9.17, 15) is 0 Å². The molecule has 0 aromatic heterocycles. The Morgan fingerprint density at radius 1 is 0.721 bits per heavy atom. The lowest BCUT2D eigenvalue weighted by molar-refractivity contribution is -0.298. The van der Waals surface area contributed by atoms with E-state index in [1.54, 1.807) is 7.11 Å². The number of hydrogen-bond acceptors (Lipinski definition) is 8. The summed E-state index contributed by atoms with van der Waals surface area (Å²) in [7, 11) is -0.577. The maximum Gasteiger partial charge on any atom is 0.201 e. The van der Waals surface area contributed by atoms with Crippen molar-refractivity contribution in [2.75, 3.05) is 20.3 Å². The molecule has 10 atom stereocenters. The molecule has 5 heterocycles. The van der Waals surface area contributed by atoms with Crippen LogP contribution in [0.2, 0.25) is 16.6 Å². The molecule has 0 amide bonds. The molecule has 0 unspecified atom stereocenters. The van der Waals surface area contributed by atoms with Gasteiger partial charge in [0.25, 0.3) is 0 Å². The average Bonchev–Trinajstić information content (AvgIpc) is 3.33. The fraction of sp³-hybridized carbons (Fsp3) is 0.706. The van der Waals surface area contributed by atoms with Crippen LogP contribution in [0.25, 0.3) is 0 Å². The van der Waals surface area contributed by atoms with Gasteiger partial charge in [-0.25, -0.2) is 0 Å². The minimum absolute atomic E-state index is 0.0796. The van der Waals surface area contributed by atoms with Gasteiger partial charge in [0.05, 0.1) is 38.6 Å². The third kappa shape index (κ3) is 6.04. The normalized spacial score (nSPS) is 37.7. The molecule has 1 aromatic carbocycles. The van der Waals surface area contributed by atoms with Crippen LogP contribution in [0.3, 0.4) is 0 Å². The third-order valence-corrected chi connectivity index (χ3v) is 16.2. The van der Waals surface area contributed by atoms with Gasteiger partial charge in [-0.2, -0.15) is 0 Å². The molecule has 0 N–H and O–H groups in total. The van der Waals surface area contributed by atoms with Crippen molar-refractivity contribution in [1.82, 2.24) is 0 Å². The Labute approximate surface area is 258 Å². The van der Waals surface area contributed by atoms with Crippen LogP contribution in [0, 0.1) is 0 Å². The molecule has 43 heavy (non-hydrogen) atoms. The predicted octanol–water partition coefficient (Wildman–Crippen LogP) is 6.26. The Morgan fingerprint density at radius 2 is 1.40 bits per heavy atom. The zero-order valence-electron chi connectivity index (χ0n) is 26.7. The van der Waals surface area contributed by atoms with E-state index in [1.165, 1.54) is 0 Å². The van der Waals surface area contributed by atoms with Crippen LogP contribution in [0.5, 0.6) is 5.75 Å². The molecule has 3 saturated heterocycles. The highest BCUT2D eigenvalue weighted by Crippen LogP contribution is 2.47. The number of benzene rings is 1. The minimum atomic E-state index is -2.24. The summed E-state index contributed by atoms with van der Waals surface area (Å²) in [4.78, 5) is 0. The lowest BCUT2D eigenvalue weighted by atomic mass is 9.87. The van der Waals surface area contributed by atoms with Crippen LogP contribution >= 0.6 is 0 Å². The highest BCUT2D eigenvalue weighted by atomic mass is 28.4. The molecule has 238 valence electrons. The number of methoxy groups -OCH3 is 1. The summed E-state index contributed by atoms with van der Waals surface area (Å²) in [5.41, 5.74) is 2.30. The maximum absolute atomic E-state index is 7.51. The van der Waals surface area contributed by atoms with E-state index in [1.807, 2.05) is 24.3 Å². The second-order valence-electron chi connectivity index (χ2n) is 13.6. The van der Waals surface area contributed by atoms with Crippen molar-refractivity contribution < 1.29 is 37.6 Å². The van der Waals surface area contributed by atoms with Gasteiger partial charge in [0.15, 0.2) is 6.29 Å². The molecule has 5 aliphatic rings. The van der Waals surface area contributed by atoms with E-state index in [0.717, 1.165) is 24.2 Å². The fourth-order valence-electron chi connectivity index (χ4n) is 8.13. The van der Waals surface area contributed by atoms with Crippen molar-refractivity contribution in [3.05, 3.63) is 54.1 Å². The molecule has 8 nitrogen and oxygen atoms in total. The summed E-state index contributed by atoms with van der Waals surface area (Å²) >= 11 is 0. The molecular weight excluding hydrogens is 564 g/mol. The summed E-state index contributed by atoms with van der Waals surface area (Å²) in [5.74, 6) is 0.800. The highest BCUT2D eigenvalue weighted by Gasteiger charge is 2.57. The lowest BCUT2D eigenvalue weighted by Gasteiger charge is -2.54. The molecule has 0 aliphatic carbocycles. The molecule has 0 spiro atoms. The summed E-state index contributed by atoms with van der Waals surface area (Å²) in [6, 6.07) is 7.79. The van der Waals surface area contributed by atoms with Gasteiger partial charge >= 0.3 is 0 Å². The standard InChI is InChI=1S/C34H50O8Si/c1-20(2)43(21(3)4,22(5)6)42-33-31-27(10-8-9-17-36-31)38-29-18-28-25(40-32(29)33)15-16-26-30(39-28)19-37-34(41-26)23-11-13-24(35-7)14-12-23/h8-9,11-16,20-22,25-34H,10,17-19H2,1-7H3/t25-,26+,27+,28+,29-,30-,31+,32-,33-,34-/m1/s1. The molecule has 0 saturated carbocycles. The van der Waals surface area contributed by atoms with Crippen LogP contribution in [-0.4, -0.2) is 83.6 Å². The van der Waals surface area contributed by atoms with Gasteiger partial charge in [-0.1, -0.05) is 78.0 Å². The van der Waals surface area contributed by atoms with Crippen LogP contribution in [0.4, 0.5) is 0 Å².